The van der Waals surface area contributed by atoms with Gasteiger partial charge in [-0.2, -0.15) is 5.10 Å². The van der Waals surface area contributed by atoms with Gasteiger partial charge < -0.3 is 15.0 Å². The minimum Gasteiger partial charge on any atom is -0.381 e. The number of fused-ring (bicyclic) bond motifs is 2. The molecule has 0 atom stereocenters. The summed E-state index contributed by atoms with van der Waals surface area (Å²) in [6, 6.07) is 1.83. The highest BCUT2D eigenvalue weighted by molar-refractivity contribution is 6.30. The van der Waals surface area contributed by atoms with Crippen LogP contribution in [-0.4, -0.2) is 41.1 Å². The Morgan fingerprint density at radius 2 is 2.07 bits per heavy atom. The van der Waals surface area contributed by atoms with Crippen molar-refractivity contribution < 1.29 is 13.5 Å². The van der Waals surface area contributed by atoms with E-state index in [2.05, 4.69) is 19.9 Å². The van der Waals surface area contributed by atoms with Crippen LogP contribution in [0.2, 0.25) is 5.15 Å². The second-order valence-corrected chi connectivity index (χ2v) is 8.21. The maximum absolute atomic E-state index is 13.5. The van der Waals surface area contributed by atoms with Crippen LogP contribution in [-0.2, 0) is 24.1 Å². The molecule has 0 amide bonds. The molecule has 0 bridgehead atoms. The number of halogens is 3. The first-order valence-corrected chi connectivity index (χ1v) is 10.6. The lowest BCUT2D eigenvalue weighted by Gasteiger charge is -2.31. The number of nitrogens with zero attached hydrogens (tertiary/aromatic N) is 4. The van der Waals surface area contributed by atoms with Crippen LogP contribution < -0.4 is 10.2 Å². The Balaban J connectivity index is 1.60. The highest BCUT2D eigenvalue weighted by Crippen LogP contribution is 2.40. The zero-order valence-corrected chi connectivity index (χ0v) is 16.9. The molecular weight excluding hydrogens is 400 g/mol. The first kappa shape index (κ1) is 19.2. The molecule has 9 heteroatoms. The molecule has 3 aliphatic heterocycles. The third-order valence-electron chi connectivity index (χ3n) is 6.11. The average molecular weight is 424 g/mol. The minimum absolute atomic E-state index is 0.1000. The minimum atomic E-state index is -2.65. The summed E-state index contributed by atoms with van der Waals surface area (Å²) in [6.45, 7) is 3.89. The summed E-state index contributed by atoms with van der Waals surface area (Å²) in [6.07, 6.45) is 1.78. The molecule has 3 aliphatic rings. The Bertz CT molecular complexity index is 913. The van der Waals surface area contributed by atoms with Crippen LogP contribution >= 0.6 is 11.6 Å². The van der Waals surface area contributed by atoms with Gasteiger partial charge in [-0.05, 0) is 31.7 Å². The summed E-state index contributed by atoms with van der Waals surface area (Å²) in [4.78, 5) is 6.36. The fourth-order valence-corrected chi connectivity index (χ4v) is 4.89. The lowest BCUT2D eigenvalue weighted by Crippen LogP contribution is -2.29. The summed E-state index contributed by atoms with van der Waals surface area (Å²) in [5, 5.41) is 8.37. The van der Waals surface area contributed by atoms with Gasteiger partial charge in [-0.15, -0.1) is 0 Å². The van der Waals surface area contributed by atoms with E-state index in [1.807, 2.05) is 0 Å². The average Bonchev–Trinajstić information content (AvgIpc) is 3.13. The van der Waals surface area contributed by atoms with E-state index in [0.717, 1.165) is 76.5 Å². The normalized spacial score (nSPS) is 20.1. The molecule has 29 heavy (non-hydrogen) atoms. The van der Waals surface area contributed by atoms with Crippen molar-refractivity contribution in [1.82, 2.24) is 20.1 Å². The molecule has 2 aromatic rings. The van der Waals surface area contributed by atoms with Crippen molar-refractivity contribution in [3.05, 3.63) is 33.7 Å². The molecule has 0 radical (unpaired) electrons. The van der Waals surface area contributed by atoms with E-state index in [1.165, 1.54) is 17.3 Å². The Kier molecular flexibility index (Phi) is 5.17. The molecule has 0 aliphatic carbocycles. The quantitative estimate of drug-likeness (QED) is 0.757. The fourth-order valence-electron chi connectivity index (χ4n) is 4.65. The third-order valence-corrected chi connectivity index (χ3v) is 6.41. The molecule has 1 fully saturated rings. The van der Waals surface area contributed by atoms with Crippen molar-refractivity contribution in [3.63, 3.8) is 0 Å². The van der Waals surface area contributed by atoms with Gasteiger partial charge in [0.1, 0.15) is 5.15 Å². The number of aromatic nitrogens is 3. The van der Waals surface area contributed by atoms with Gasteiger partial charge in [-0.25, -0.2) is 13.8 Å². The van der Waals surface area contributed by atoms with Crippen LogP contribution in [0.3, 0.4) is 0 Å². The maximum atomic E-state index is 13.5. The number of nitrogens with one attached hydrogen (secondary N) is 1. The van der Waals surface area contributed by atoms with Crippen molar-refractivity contribution in [2.45, 2.75) is 51.1 Å². The van der Waals surface area contributed by atoms with Crippen LogP contribution in [0, 0.1) is 0 Å². The molecule has 6 nitrogen and oxygen atoms in total. The van der Waals surface area contributed by atoms with Gasteiger partial charge in [-0.1, -0.05) is 11.6 Å². The smallest absolute Gasteiger partial charge is 0.266 e. The van der Waals surface area contributed by atoms with E-state index in [0.29, 0.717) is 11.7 Å². The van der Waals surface area contributed by atoms with Crippen LogP contribution in [0.15, 0.2) is 6.07 Å². The molecule has 5 heterocycles. The van der Waals surface area contributed by atoms with Crippen molar-refractivity contribution in [3.8, 4) is 0 Å². The summed E-state index contributed by atoms with van der Waals surface area (Å²) in [7, 11) is 0. The predicted octanol–water partition coefficient (Wildman–Crippen LogP) is 3.95. The molecular formula is C20H24ClF2N5O. The number of anilines is 2. The number of hydrogen-bond acceptors (Lipinski definition) is 5. The Morgan fingerprint density at radius 3 is 2.86 bits per heavy atom. The van der Waals surface area contributed by atoms with Gasteiger partial charge >= 0.3 is 0 Å². The summed E-state index contributed by atoms with van der Waals surface area (Å²) in [5.41, 5.74) is 3.69. The van der Waals surface area contributed by atoms with Crippen LogP contribution in [0.1, 0.15) is 54.2 Å². The highest BCUT2D eigenvalue weighted by Gasteiger charge is 2.32. The molecule has 0 aromatic carbocycles. The molecule has 5 rings (SSSR count). The molecule has 1 saturated heterocycles. The topological polar surface area (TPSA) is 55.2 Å². The van der Waals surface area contributed by atoms with E-state index in [4.69, 9.17) is 21.4 Å². The Hall–Kier alpha value is -1.77. The van der Waals surface area contributed by atoms with Gasteiger partial charge in [0.15, 0.2) is 5.82 Å². The maximum Gasteiger partial charge on any atom is 0.266 e. The largest absolute Gasteiger partial charge is 0.381 e. The summed E-state index contributed by atoms with van der Waals surface area (Å²) in [5.74, 6) is 0.865. The number of ether oxygens (including phenoxy) is 1. The Labute approximate surface area is 173 Å². The molecule has 0 unspecified atom stereocenters. The Morgan fingerprint density at radius 1 is 1.24 bits per heavy atom. The van der Waals surface area contributed by atoms with E-state index < -0.39 is 6.43 Å². The summed E-state index contributed by atoms with van der Waals surface area (Å²) >= 11 is 6.02. The van der Waals surface area contributed by atoms with Crippen LogP contribution in [0.4, 0.5) is 20.3 Å². The fraction of sp³-hybridized carbons (Fsp3) is 0.600. The molecule has 0 saturated carbocycles. The molecule has 2 aromatic heterocycles. The lowest BCUT2D eigenvalue weighted by atomic mass is 10.0. The van der Waals surface area contributed by atoms with Crippen molar-refractivity contribution >= 4 is 23.1 Å². The van der Waals surface area contributed by atoms with Crippen molar-refractivity contribution in [2.24, 2.45) is 0 Å². The first-order chi connectivity index (χ1) is 14.1. The number of aryl methyl sites for hydroxylation is 1. The van der Waals surface area contributed by atoms with Crippen molar-refractivity contribution in [2.75, 3.05) is 31.2 Å². The number of hydrogen-bond donors (Lipinski definition) is 1. The number of pyridine rings is 1. The lowest BCUT2D eigenvalue weighted by molar-refractivity contribution is 0.0653. The number of alkyl halides is 2. The molecule has 0 spiro atoms. The zero-order valence-electron chi connectivity index (χ0n) is 16.1. The second kappa shape index (κ2) is 7.81. The third kappa shape index (κ3) is 3.41. The van der Waals surface area contributed by atoms with E-state index in [9.17, 15) is 8.78 Å². The van der Waals surface area contributed by atoms with Crippen LogP contribution in [0.25, 0.3) is 0 Å². The molecule has 1 N–H and O–H groups in total. The van der Waals surface area contributed by atoms with E-state index in [1.54, 1.807) is 0 Å². The van der Waals surface area contributed by atoms with Gasteiger partial charge in [0.2, 0.25) is 0 Å². The van der Waals surface area contributed by atoms with E-state index >= 15 is 0 Å². The van der Waals surface area contributed by atoms with E-state index in [-0.39, 0.29) is 10.7 Å². The molecule has 156 valence electrons. The SMILES string of the molecule is FC(F)c1cc2c(nc1Cl)CCCN2c1nn(C2CCOCC2)c2c1CNCC2. The van der Waals surface area contributed by atoms with Crippen molar-refractivity contribution in [1.29, 1.82) is 0 Å². The second-order valence-electron chi connectivity index (χ2n) is 7.85. The van der Waals surface area contributed by atoms with Gasteiger partial charge in [0, 0.05) is 50.5 Å². The monoisotopic (exact) mass is 423 g/mol. The zero-order chi connectivity index (χ0) is 20.0. The van der Waals surface area contributed by atoms with Gasteiger partial charge in [-0.3, -0.25) is 4.68 Å². The highest BCUT2D eigenvalue weighted by atomic mass is 35.5. The number of rotatable bonds is 3. The standard InChI is InChI=1S/C20H24ClF2N5O/c21-18-13(19(22)23)10-17-15(25-18)2-1-7-27(17)20-14-11-24-6-3-16(14)28(26-20)12-4-8-29-9-5-12/h10,12,19,24H,1-9,11H2. The predicted molar refractivity (Wildman–Crippen MR) is 106 cm³/mol. The van der Waals surface area contributed by atoms with Gasteiger partial charge in [0.05, 0.1) is 23.0 Å². The first-order valence-electron chi connectivity index (χ1n) is 10.3. The summed E-state index contributed by atoms with van der Waals surface area (Å²) < 4.78 is 34.6. The van der Waals surface area contributed by atoms with Crippen LogP contribution in [0.5, 0.6) is 0 Å². The van der Waals surface area contributed by atoms with Gasteiger partial charge in [0.25, 0.3) is 6.43 Å².